The first-order valence-electron chi connectivity index (χ1n) is 6.98. The van der Waals surface area contributed by atoms with Crippen molar-refractivity contribution in [3.8, 4) is 0 Å². The Labute approximate surface area is 106 Å². The molecule has 0 aromatic rings. The van der Waals surface area contributed by atoms with Crippen LogP contribution in [-0.4, -0.2) is 5.78 Å². The van der Waals surface area contributed by atoms with Crippen LogP contribution >= 0.6 is 0 Å². The Balaban J connectivity index is 2.37. The van der Waals surface area contributed by atoms with Crippen molar-refractivity contribution in [1.29, 1.82) is 0 Å². The summed E-state index contributed by atoms with van der Waals surface area (Å²) in [6, 6.07) is 0. The number of hydrogen-bond acceptors (Lipinski definition) is 1. The van der Waals surface area contributed by atoms with E-state index in [1.54, 1.807) is 12.5 Å². The normalized spacial score (nSPS) is 40.4. The standard InChI is InChI=1S/C16H26O/c1-11-9-13-7-6-8-15(3,4)16(13,5)10-14(11)12(2)17/h7,11,14H,6,8-10H2,1-5H3. The van der Waals surface area contributed by atoms with Gasteiger partial charge in [0, 0.05) is 5.92 Å². The van der Waals surface area contributed by atoms with Gasteiger partial charge in [-0.3, -0.25) is 4.79 Å². The molecule has 0 aromatic heterocycles. The highest BCUT2D eigenvalue weighted by Crippen LogP contribution is 2.59. The molecule has 1 fully saturated rings. The van der Waals surface area contributed by atoms with Gasteiger partial charge < -0.3 is 0 Å². The second-order valence-corrected chi connectivity index (χ2v) is 7.09. The van der Waals surface area contributed by atoms with Gasteiger partial charge in [0.1, 0.15) is 5.78 Å². The largest absolute Gasteiger partial charge is 0.300 e. The lowest BCUT2D eigenvalue weighted by atomic mass is 9.50. The Morgan fingerprint density at radius 2 is 2.00 bits per heavy atom. The molecule has 0 radical (unpaired) electrons. The number of ketones is 1. The van der Waals surface area contributed by atoms with Crippen LogP contribution in [0.25, 0.3) is 0 Å². The van der Waals surface area contributed by atoms with Crippen molar-refractivity contribution < 1.29 is 4.79 Å². The lowest BCUT2D eigenvalue weighted by Crippen LogP contribution is -2.46. The Bertz CT molecular complexity index is 364. The van der Waals surface area contributed by atoms with Gasteiger partial charge in [-0.05, 0) is 49.4 Å². The maximum absolute atomic E-state index is 11.8. The van der Waals surface area contributed by atoms with Gasteiger partial charge in [-0.25, -0.2) is 0 Å². The molecule has 3 atom stereocenters. The van der Waals surface area contributed by atoms with Crippen LogP contribution in [0.5, 0.6) is 0 Å². The molecule has 0 spiro atoms. The summed E-state index contributed by atoms with van der Waals surface area (Å²) in [5.74, 6) is 1.19. The number of rotatable bonds is 1. The Hall–Kier alpha value is -0.590. The minimum Gasteiger partial charge on any atom is -0.300 e. The van der Waals surface area contributed by atoms with Gasteiger partial charge in [-0.2, -0.15) is 0 Å². The third-order valence-electron chi connectivity index (χ3n) is 5.74. The first-order chi connectivity index (χ1) is 7.78. The molecule has 0 saturated heterocycles. The SMILES string of the molecule is CC(=O)C1CC2(C)C(=CCCC2(C)C)CC1C. The predicted octanol–water partition coefficient (Wildman–Crippen LogP) is 4.37. The number of carbonyl (C=O) groups excluding carboxylic acids is 1. The van der Waals surface area contributed by atoms with Crippen LogP contribution in [0.3, 0.4) is 0 Å². The first kappa shape index (κ1) is 12.9. The van der Waals surface area contributed by atoms with E-state index in [0.29, 0.717) is 17.1 Å². The van der Waals surface area contributed by atoms with Crippen molar-refractivity contribution in [2.24, 2.45) is 22.7 Å². The molecule has 0 N–H and O–H groups in total. The average Bonchev–Trinajstić information content (AvgIpc) is 2.20. The third-order valence-corrected chi connectivity index (χ3v) is 5.74. The Morgan fingerprint density at radius 1 is 1.35 bits per heavy atom. The van der Waals surface area contributed by atoms with Crippen LogP contribution < -0.4 is 0 Å². The first-order valence-corrected chi connectivity index (χ1v) is 6.98. The van der Waals surface area contributed by atoms with E-state index in [-0.39, 0.29) is 11.3 Å². The molecule has 0 aliphatic heterocycles. The van der Waals surface area contributed by atoms with Gasteiger partial charge in [-0.15, -0.1) is 0 Å². The zero-order chi connectivity index (χ0) is 12.8. The summed E-state index contributed by atoms with van der Waals surface area (Å²) in [4.78, 5) is 11.8. The number of Topliss-reactive ketones (excluding diaryl/α,β-unsaturated/α-hetero) is 1. The average molecular weight is 234 g/mol. The van der Waals surface area contributed by atoms with Crippen molar-refractivity contribution in [2.45, 2.75) is 60.3 Å². The lowest BCUT2D eigenvalue weighted by molar-refractivity contribution is -0.125. The fourth-order valence-corrected chi connectivity index (χ4v) is 3.93. The van der Waals surface area contributed by atoms with Crippen molar-refractivity contribution in [3.63, 3.8) is 0 Å². The molecule has 96 valence electrons. The molecule has 2 aliphatic rings. The van der Waals surface area contributed by atoms with Crippen LogP contribution in [0, 0.1) is 22.7 Å². The van der Waals surface area contributed by atoms with Crippen molar-refractivity contribution >= 4 is 5.78 Å². The summed E-state index contributed by atoms with van der Waals surface area (Å²) >= 11 is 0. The van der Waals surface area contributed by atoms with E-state index < -0.39 is 0 Å². The number of hydrogen-bond donors (Lipinski definition) is 0. The molecule has 0 aromatic carbocycles. The van der Waals surface area contributed by atoms with Crippen molar-refractivity contribution in [2.75, 3.05) is 0 Å². The summed E-state index contributed by atoms with van der Waals surface area (Å²) in [6.45, 7) is 11.2. The van der Waals surface area contributed by atoms with E-state index in [0.717, 1.165) is 12.8 Å². The summed E-state index contributed by atoms with van der Waals surface area (Å²) in [7, 11) is 0. The molecule has 2 aliphatic carbocycles. The lowest BCUT2D eigenvalue weighted by Gasteiger charge is -2.54. The van der Waals surface area contributed by atoms with Crippen molar-refractivity contribution in [3.05, 3.63) is 11.6 Å². The van der Waals surface area contributed by atoms with E-state index in [4.69, 9.17) is 0 Å². The van der Waals surface area contributed by atoms with Gasteiger partial charge in [0.2, 0.25) is 0 Å². The van der Waals surface area contributed by atoms with Crippen LogP contribution in [-0.2, 0) is 4.79 Å². The van der Waals surface area contributed by atoms with Crippen LogP contribution in [0.4, 0.5) is 0 Å². The summed E-state index contributed by atoms with van der Waals surface area (Å²) in [5.41, 5.74) is 2.21. The Kier molecular flexibility index (Phi) is 3.00. The molecule has 1 saturated carbocycles. The highest BCUT2D eigenvalue weighted by atomic mass is 16.1. The zero-order valence-corrected chi connectivity index (χ0v) is 12.0. The number of allylic oxidation sites excluding steroid dienone is 2. The monoisotopic (exact) mass is 234 g/mol. The fourth-order valence-electron chi connectivity index (χ4n) is 3.93. The third kappa shape index (κ3) is 1.88. The molecule has 1 nitrogen and oxygen atoms in total. The number of carbonyl (C=O) groups is 1. The highest BCUT2D eigenvalue weighted by Gasteiger charge is 2.50. The van der Waals surface area contributed by atoms with Crippen molar-refractivity contribution in [1.82, 2.24) is 0 Å². The second-order valence-electron chi connectivity index (χ2n) is 7.09. The van der Waals surface area contributed by atoms with E-state index in [2.05, 4.69) is 33.8 Å². The second kappa shape index (κ2) is 3.96. The quantitative estimate of drug-likeness (QED) is 0.616. The van der Waals surface area contributed by atoms with E-state index >= 15 is 0 Å². The van der Waals surface area contributed by atoms with Gasteiger partial charge in [0.25, 0.3) is 0 Å². The smallest absolute Gasteiger partial charge is 0.133 e. The molecule has 0 amide bonds. The molecular formula is C16H26O. The van der Waals surface area contributed by atoms with Gasteiger partial charge >= 0.3 is 0 Å². The maximum Gasteiger partial charge on any atom is 0.133 e. The Morgan fingerprint density at radius 3 is 2.59 bits per heavy atom. The van der Waals surface area contributed by atoms with E-state index in [1.807, 2.05) is 0 Å². The van der Waals surface area contributed by atoms with Crippen LogP contribution in [0.15, 0.2) is 11.6 Å². The summed E-state index contributed by atoms with van der Waals surface area (Å²) in [6.07, 6.45) is 7.12. The van der Waals surface area contributed by atoms with Gasteiger partial charge in [0.15, 0.2) is 0 Å². The van der Waals surface area contributed by atoms with Gasteiger partial charge in [0.05, 0.1) is 0 Å². The maximum atomic E-state index is 11.8. The molecule has 3 unspecified atom stereocenters. The number of fused-ring (bicyclic) bond motifs is 1. The molecule has 0 bridgehead atoms. The molecule has 2 rings (SSSR count). The van der Waals surface area contributed by atoms with E-state index in [9.17, 15) is 4.79 Å². The zero-order valence-electron chi connectivity index (χ0n) is 12.0. The molecule has 1 heteroatoms. The molecule has 0 heterocycles. The predicted molar refractivity (Wildman–Crippen MR) is 71.8 cm³/mol. The fraction of sp³-hybridized carbons (Fsp3) is 0.812. The summed E-state index contributed by atoms with van der Waals surface area (Å²) in [5, 5.41) is 0. The highest BCUT2D eigenvalue weighted by molar-refractivity contribution is 5.79. The molecule has 17 heavy (non-hydrogen) atoms. The minimum atomic E-state index is 0.244. The molecular weight excluding hydrogens is 208 g/mol. The minimum absolute atomic E-state index is 0.244. The van der Waals surface area contributed by atoms with E-state index in [1.165, 1.54) is 12.8 Å². The van der Waals surface area contributed by atoms with Gasteiger partial charge in [-0.1, -0.05) is 39.3 Å². The van der Waals surface area contributed by atoms with Crippen LogP contribution in [0.1, 0.15) is 60.3 Å². The van der Waals surface area contributed by atoms with Crippen LogP contribution in [0.2, 0.25) is 0 Å². The topological polar surface area (TPSA) is 17.1 Å². The summed E-state index contributed by atoms with van der Waals surface area (Å²) < 4.78 is 0.